The Morgan fingerprint density at radius 3 is 2.45 bits per heavy atom. The molecule has 1 fully saturated rings. The number of rotatable bonds is 6. The first-order chi connectivity index (χ1) is 13.5. The summed E-state index contributed by atoms with van der Waals surface area (Å²) in [4.78, 5) is 19.5. The first-order valence-electron chi connectivity index (χ1n) is 10.2. The van der Waals surface area contributed by atoms with Crippen LogP contribution in [0.1, 0.15) is 62.3 Å². The van der Waals surface area contributed by atoms with Gasteiger partial charge in [0, 0.05) is 43.8 Å². The zero-order valence-corrected chi connectivity index (χ0v) is 18.6. The molecule has 1 unspecified atom stereocenters. The molecule has 1 aromatic heterocycles. The number of nitrogens with one attached hydrogen (secondary N) is 2. The summed E-state index contributed by atoms with van der Waals surface area (Å²) in [7, 11) is 0. The number of benzene rings is 1. The molecule has 1 aliphatic heterocycles. The van der Waals surface area contributed by atoms with Crippen molar-refractivity contribution in [3.8, 4) is 0 Å². The lowest BCUT2D eigenvalue weighted by Gasteiger charge is -2.36. The van der Waals surface area contributed by atoms with E-state index < -0.39 is 0 Å². The fraction of sp³-hybridized carbons (Fsp3) is 0.478. The number of para-hydroxylation sites is 1. The van der Waals surface area contributed by atoms with Gasteiger partial charge in [0.1, 0.15) is 0 Å². The van der Waals surface area contributed by atoms with E-state index in [2.05, 4.69) is 72.5 Å². The second-order valence-electron chi connectivity index (χ2n) is 8.15. The molecule has 0 radical (unpaired) electrons. The molecule has 0 bridgehead atoms. The standard InChI is InChI=1S/C23H32N4O.ClH/c1-16(2)19-8-5-9-20(17(3)4)23(19)26-22(28)15-27-12-11-25-14-21(27)18-7-6-10-24-13-18;/h5-10,13,16-17,21,25H,11-12,14-15H2,1-4H3,(H,26,28);1H. The maximum atomic E-state index is 13.0. The highest BCUT2D eigenvalue weighted by atomic mass is 35.5. The second-order valence-corrected chi connectivity index (χ2v) is 8.15. The molecule has 158 valence electrons. The van der Waals surface area contributed by atoms with Gasteiger partial charge in [-0.05, 0) is 34.6 Å². The number of aromatic nitrogens is 1. The summed E-state index contributed by atoms with van der Waals surface area (Å²) < 4.78 is 0. The third kappa shape index (κ3) is 5.78. The summed E-state index contributed by atoms with van der Waals surface area (Å²) in [5.41, 5.74) is 4.53. The Morgan fingerprint density at radius 2 is 1.86 bits per heavy atom. The molecule has 29 heavy (non-hydrogen) atoms. The van der Waals surface area contributed by atoms with E-state index >= 15 is 0 Å². The number of carbonyl (C=O) groups excluding carboxylic acids is 1. The number of anilines is 1. The van der Waals surface area contributed by atoms with Crippen molar-refractivity contribution in [2.24, 2.45) is 0 Å². The lowest BCUT2D eigenvalue weighted by atomic mass is 9.92. The van der Waals surface area contributed by atoms with Crippen LogP contribution in [0, 0.1) is 0 Å². The Hall–Kier alpha value is -1.95. The summed E-state index contributed by atoms with van der Waals surface area (Å²) in [6.45, 7) is 11.6. The molecule has 5 nitrogen and oxygen atoms in total. The van der Waals surface area contributed by atoms with Gasteiger partial charge in [0.15, 0.2) is 0 Å². The van der Waals surface area contributed by atoms with Crippen LogP contribution in [-0.4, -0.2) is 42.0 Å². The molecule has 0 spiro atoms. The molecule has 1 aromatic carbocycles. The van der Waals surface area contributed by atoms with Gasteiger partial charge < -0.3 is 10.6 Å². The number of amides is 1. The summed E-state index contributed by atoms with van der Waals surface area (Å²) in [6, 6.07) is 10.5. The van der Waals surface area contributed by atoms with E-state index in [1.807, 2.05) is 12.3 Å². The van der Waals surface area contributed by atoms with E-state index in [1.165, 1.54) is 11.1 Å². The molecule has 0 saturated carbocycles. The maximum absolute atomic E-state index is 13.0. The van der Waals surface area contributed by atoms with Crippen molar-refractivity contribution in [1.82, 2.24) is 15.2 Å². The zero-order chi connectivity index (χ0) is 20.1. The molecule has 1 saturated heterocycles. The van der Waals surface area contributed by atoms with Crippen molar-refractivity contribution in [3.05, 3.63) is 59.4 Å². The van der Waals surface area contributed by atoms with Gasteiger partial charge in [0.25, 0.3) is 0 Å². The average molecular weight is 417 g/mol. The minimum atomic E-state index is 0. The van der Waals surface area contributed by atoms with Gasteiger partial charge in [-0.15, -0.1) is 12.4 Å². The molecule has 1 atom stereocenters. The van der Waals surface area contributed by atoms with Crippen molar-refractivity contribution in [1.29, 1.82) is 0 Å². The van der Waals surface area contributed by atoms with Crippen LogP contribution in [0.5, 0.6) is 0 Å². The smallest absolute Gasteiger partial charge is 0.238 e. The third-order valence-electron chi connectivity index (χ3n) is 5.41. The van der Waals surface area contributed by atoms with Crippen LogP contribution in [0.15, 0.2) is 42.7 Å². The van der Waals surface area contributed by atoms with Crippen LogP contribution in [0.4, 0.5) is 5.69 Å². The molecular formula is C23H33ClN4O. The number of hydrogen-bond donors (Lipinski definition) is 2. The van der Waals surface area contributed by atoms with E-state index in [9.17, 15) is 4.79 Å². The third-order valence-corrected chi connectivity index (χ3v) is 5.41. The molecule has 1 aliphatic rings. The highest BCUT2D eigenvalue weighted by Gasteiger charge is 2.26. The van der Waals surface area contributed by atoms with E-state index in [0.29, 0.717) is 18.4 Å². The molecule has 2 N–H and O–H groups in total. The van der Waals surface area contributed by atoms with Crippen LogP contribution in [0.25, 0.3) is 0 Å². The van der Waals surface area contributed by atoms with Crippen molar-refractivity contribution in [2.75, 3.05) is 31.5 Å². The van der Waals surface area contributed by atoms with Crippen molar-refractivity contribution in [2.45, 2.75) is 45.6 Å². The molecule has 2 heterocycles. The van der Waals surface area contributed by atoms with Gasteiger partial charge >= 0.3 is 0 Å². The highest BCUT2D eigenvalue weighted by molar-refractivity contribution is 5.94. The Bertz CT molecular complexity index is 768. The van der Waals surface area contributed by atoms with E-state index in [4.69, 9.17) is 0 Å². The summed E-state index contributed by atoms with van der Waals surface area (Å²) in [6.07, 6.45) is 3.68. The SMILES string of the molecule is CC(C)c1cccc(C(C)C)c1NC(=O)CN1CCNCC1c1cccnc1.Cl. The summed E-state index contributed by atoms with van der Waals surface area (Å²) in [5.74, 6) is 0.762. The van der Waals surface area contributed by atoms with E-state index in [0.717, 1.165) is 30.9 Å². The van der Waals surface area contributed by atoms with Gasteiger partial charge in [-0.25, -0.2) is 0 Å². The Labute approximate surface area is 180 Å². The number of halogens is 1. The fourth-order valence-corrected chi connectivity index (χ4v) is 3.90. The van der Waals surface area contributed by atoms with Gasteiger partial charge in [-0.1, -0.05) is 52.0 Å². The Morgan fingerprint density at radius 1 is 1.17 bits per heavy atom. The lowest BCUT2D eigenvalue weighted by molar-refractivity contribution is -0.118. The molecule has 2 aromatic rings. The summed E-state index contributed by atoms with van der Waals surface area (Å²) >= 11 is 0. The topological polar surface area (TPSA) is 57.3 Å². The molecular weight excluding hydrogens is 384 g/mol. The van der Waals surface area contributed by atoms with E-state index in [-0.39, 0.29) is 24.4 Å². The predicted octanol–water partition coefficient (Wildman–Crippen LogP) is 4.34. The molecule has 3 rings (SSSR count). The predicted molar refractivity (Wildman–Crippen MR) is 122 cm³/mol. The first kappa shape index (κ1) is 23.3. The van der Waals surface area contributed by atoms with E-state index in [1.54, 1.807) is 6.20 Å². The minimum absolute atomic E-state index is 0. The summed E-state index contributed by atoms with van der Waals surface area (Å²) in [5, 5.41) is 6.68. The number of nitrogens with zero attached hydrogens (tertiary/aromatic N) is 2. The fourth-order valence-electron chi connectivity index (χ4n) is 3.90. The van der Waals surface area contributed by atoms with Crippen LogP contribution < -0.4 is 10.6 Å². The number of carbonyl (C=O) groups is 1. The zero-order valence-electron chi connectivity index (χ0n) is 17.8. The molecule has 1 amide bonds. The number of pyridine rings is 1. The largest absolute Gasteiger partial charge is 0.324 e. The van der Waals surface area contributed by atoms with Crippen LogP contribution in [0.3, 0.4) is 0 Å². The number of hydrogen-bond acceptors (Lipinski definition) is 4. The monoisotopic (exact) mass is 416 g/mol. The first-order valence-corrected chi connectivity index (χ1v) is 10.2. The normalized spacial score (nSPS) is 17.2. The Kier molecular flexibility index (Phi) is 8.62. The molecule has 0 aliphatic carbocycles. The van der Waals surface area contributed by atoms with Gasteiger partial charge in [-0.3, -0.25) is 14.7 Å². The maximum Gasteiger partial charge on any atom is 0.238 e. The average Bonchev–Trinajstić information content (AvgIpc) is 2.68. The molecule has 6 heteroatoms. The van der Waals surface area contributed by atoms with Crippen LogP contribution >= 0.6 is 12.4 Å². The van der Waals surface area contributed by atoms with Gasteiger partial charge in [-0.2, -0.15) is 0 Å². The lowest BCUT2D eigenvalue weighted by Crippen LogP contribution is -2.48. The van der Waals surface area contributed by atoms with Crippen molar-refractivity contribution >= 4 is 24.0 Å². The van der Waals surface area contributed by atoms with Crippen LogP contribution in [0.2, 0.25) is 0 Å². The van der Waals surface area contributed by atoms with Crippen LogP contribution in [-0.2, 0) is 4.79 Å². The highest BCUT2D eigenvalue weighted by Crippen LogP contribution is 2.32. The van der Waals surface area contributed by atoms with Crippen molar-refractivity contribution in [3.63, 3.8) is 0 Å². The number of piperazine rings is 1. The quantitative estimate of drug-likeness (QED) is 0.735. The van der Waals surface area contributed by atoms with Crippen molar-refractivity contribution < 1.29 is 4.79 Å². The van der Waals surface area contributed by atoms with Gasteiger partial charge in [0.05, 0.1) is 6.54 Å². The van der Waals surface area contributed by atoms with Gasteiger partial charge in [0.2, 0.25) is 5.91 Å². The second kappa shape index (κ2) is 10.7. The Balaban J connectivity index is 0.00000300. The minimum Gasteiger partial charge on any atom is -0.324 e.